The lowest BCUT2D eigenvalue weighted by molar-refractivity contribution is -0.130. The summed E-state index contributed by atoms with van der Waals surface area (Å²) < 4.78 is 5.34. The third kappa shape index (κ3) is 2.28. The molecule has 0 fully saturated rings. The maximum Gasteiger partial charge on any atom is 0.137 e. The maximum atomic E-state index is 12.3. The molecule has 0 aliphatic heterocycles. The quantitative estimate of drug-likeness (QED) is 0.926. The number of aromatic nitrogens is 1. The van der Waals surface area contributed by atoms with Crippen LogP contribution in [0.25, 0.3) is 0 Å². The first kappa shape index (κ1) is 15.0. The lowest BCUT2D eigenvalue weighted by atomic mass is 9.64. The van der Waals surface area contributed by atoms with Crippen LogP contribution in [0, 0.1) is 19.8 Å². The largest absolute Gasteiger partial charge is 0.389 e. The van der Waals surface area contributed by atoms with Gasteiger partial charge in [-0.2, -0.15) is 0 Å². The van der Waals surface area contributed by atoms with Gasteiger partial charge in [0, 0.05) is 17.9 Å². The van der Waals surface area contributed by atoms with Crippen molar-refractivity contribution in [2.75, 3.05) is 0 Å². The zero-order valence-electron chi connectivity index (χ0n) is 13.4. The van der Waals surface area contributed by atoms with E-state index in [0.29, 0.717) is 6.42 Å². The molecule has 0 unspecified atom stereocenters. The van der Waals surface area contributed by atoms with Crippen molar-refractivity contribution in [2.45, 2.75) is 45.6 Å². The van der Waals surface area contributed by atoms with Crippen LogP contribution in [-0.4, -0.2) is 21.6 Å². The van der Waals surface area contributed by atoms with Gasteiger partial charge in [-0.05, 0) is 33.3 Å². The van der Waals surface area contributed by atoms with Crippen LogP contribution in [0.5, 0.6) is 0 Å². The Balaban J connectivity index is 2.23. The zero-order chi connectivity index (χ0) is 16.1. The van der Waals surface area contributed by atoms with Crippen LogP contribution in [0.3, 0.4) is 0 Å². The van der Waals surface area contributed by atoms with Gasteiger partial charge in [0.2, 0.25) is 0 Å². The molecule has 0 radical (unpaired) electrons. The molecule has 3 rings (SSSR count). The average Bonchev–Trinajstić information content (AvgIpc) is 2.77. The summed E-state index contributed by atoms with van der Waals surface area (Å²) in [6, 6.07) is 8.10. The summed E-state index contributed by atoms with van der Waals surface area (Å²) in [6.45, 7) is 7.16. The fraction of sp³-hybridized carbons (Fsp3) is 0.444. The van der Waals surface area contributed by atoms with Crippen molar-refractivity contribution in [1.82, 2.24) is 5.16 Å². The number of aryl methyl sites for hydroxylation is 2. The van der Waals surface area contributed by atoms with Crippen LogP contribution < -0.4 is 0 Å². The van der Waals surface area contributed by atoms with Crippen molar-refractivity contribution >= 4 is 5.78 Å². The normalized spacial score (nSPS) is 27.5. The van der Waals surface area contributed by atoms with E-state index in [2.05, 4.69) is 5.16 Å². The monoisotopic (exact) mass is 299 g/mol. The average molecular weight is 299 g/mol. The number of fused-ring (bicyclic) bond motifs is 1. The lowest BCUT2D eigenvalue weighted by Crippen LogP contribution is -2.48. The highest BCUT2D eigenvalue weighted by Crippen LogP contribution is 2.47. The molecule has 0 saturated carbocycles. The Bertz CT molecular complexity index is 712. The number of carbonyl (C=O) groups is 1. The van der Waals surface area contributed by atoms with Crippen LogP contribution >= 0.6 is 0 Å². The maximum absolute atomic E-state index is 12.3. The van der Waals surface area contributed by atoms with Gasteiger partial charge in [0.15, 0.2) is 0 Å². The summed E-state index contributed by atoms with van der Waals surface area (Å²) >= 11 is 0. The van der Waals surface area contributed by atoms with E-state index < -0.39 is 11.5 Å². The van der Waals surface area contributed by atoms with E-state index in [9.17, 15) is 9.90 Å². The molecule has 1 N–H and O–H groups in total. The Morgan fingerprint density at radius 2 is 1.95 bits per heavy atom. The Hall–Kier alpha value is -1.94. The standard InChI is InChI=1S/C18H21NO3/c1-10-5-7-13(8-6-10)16-15-12(3)22-19-14(15)9-18(4,21)17(16)11(2)20/h5-8,16-17,21H,9H2,1-4H3/t16-,17+,18+/m0/s1. The van der Waals surface area contributed by atoms with Crippen LogP contribution in [0.15, 0.2) is 28.8 Å². The highest BCUT2D eigenvalue weighted by atomic mass is 16.5. The number of Topliss-reactive ketones (excluding diaryl/α,β-unsaturated/α-hetero) is 1. The van der Waals surface area contributed by atoms with Gasteiger partial charge in [0.1, 0.15) is 11.5 Å². The minimum atomic E-state index is -1.13. The fourth-order valence-electron chi connectivity index (χ4n) is 3.73. The number of nitrogens with zero attached hydrogens (tertiary/aromatic N) is 1. The van der Waals surface area contributed by atoms with Crippen LogP contribution in [0.4, 0.5) is 0 Å². The van der Waals surface area contributed by atoms with E-state index in [1.165, 1.54) is 0 Å². The van der Waals surface area contributed by atoms with E-state index >= 15 is 0 Å². The van der Waals surface area contributed by atoms with Gasteiger partial charge >= 0.3 is 0 Å². The van der Waals surface area contributed by atoms with Gasteiger partial charge < -0.3 is 9.63 Å². The molecule has 1 aromatic carbocycles. The first-order valence-electron chi connectivity index (χ1n) is 7.55. The molecule has 0 bridgehead atoms. The number of benzene rings is 1. The predicted octanol–water partition coefficient (Wildman–Crippen LogP) is 2.94. The topological polar surface area (TPSA) is 63.3 Å². The second-order valence-electron chi connectivity index (χ2n) is 6.61. The molecule has 22 heavy (non-hydrogen) atoms. The van der Waals surface area contributed by atoms with Crippen molar-refractivity contribution in [3.8, 4) is 0 Å². The summed E-state index contributed by atoms with van der Waals surface area (Å²) in [5.74, 6) is -0.00643. The fourth-order valence-corrected chi connectivity index (χ4v) is 3.73. The van der Waals surface area contributed by atoms with E-state index in [1.807, 2.05) is 38.1 Å². The van der Waals surface area contributed by atoms with Crippen molar-refractivity contribution in [3.63, 3.8) is 0 Å². The molecule has 1 heterocycles. The van der Waals surface area contributed by atoms with Crippen LogP contribution in [0.1, 0.15) is 47.9 Å². The minimum absolute atomic E-state index is 0.0122. The van der Waals surface area contributed by atoms with Gasteiger partial charge in [0.25, 0.3) is 0 Å². The highest BCUT2D eigenvalue weighted by molar-refractivity contribution is 5.82. The summed E-state index contributed by atoms with van der Waals surface area (Å²) in [5.41, 5.74) is 2.75. The van der Waals surface area contributed by atoms with E-state index in [1.54, 1.807) is 13.8 Å². The molecule has 0 amide bonds. The molecular weight excluding hydrogens is 278 g/mol. The van der Waals surface area contributed by atoms with Gasteiger partial charge in [0.05, 0.1) is 17.2 Å². The SMILES string of the molecule is CC(=O)[C@@H]1[C@@H](c2ccc(C)cc2)c2c(noc2C)C[C@@]1(C)O. The molecule has 0 spiro atoms. The molecule has 4 heteroatoms. The first-order valence-corrected chi connectivity index (χ1v) is 7.55. The number of hydrogen-bond donors (Lipinski definition) is 1. The molecule has 1 aromatic heterocycles. The minimum Gasteiger partial charge on any atom is -0.389 e. The smallest absolute Gasteiger partial charge is 0.137 e. The summed E-state index contributed by atoms with van der Waals surface area (Å²) in [4.78, 5) is 12.3. The summed E-state index contributed by atoms with van der Waals surface area (Å²) in [5, 5.41) is 14.9. The number of aliphatic hydroxyl groups is 1. The first-order chi connectivity index (χ1) is 10.3. The molecule has 1 aliphatic carbocycles. The summed E-state index contributed by atoms with van der Waals surface area (Å²) in [7, 11) is 0. The van der Waals surface area contributed by atoms with Crippen LogP contribution in [0.2, 0.25) is 0 Å². The number of carbonyl (C=O) groups excluding carboxylic acids is 1. The molecule has 1 aliphatic rings. The number of hydrogen-bond acceptors (Lipinski definition) is 4. The van der Waals surface area contributed by atoms with Gasteiger partial charge in [-0.3, -0.25) is 4.79 Å². The van der Waals surface area contributed by atoms with Crippen LogP contribution in [-0.2, 0) is 11.2 Å². The van der Waals surface area contributed by atoms with Gasteiger partial charge in [-0.15, -0.1) is 0 Å². The Morgan fingerprint density at radius 3 is 2.55 bits per heavy atom. The number of ketones is 1. The van der Waals surface area contributed by atoms with E-state index in [-0.39, 0.29) is 11.7 Å². The van der Waals surface area contributed by atoms with Gasteiger partial charge in [-0.1, -0.05) is 35.0 Å². The highest BCUT2D eigenvalue weighted by Gasteiger charge is 2.49. The lowest BCUT2D eigenvalue weighted by Gasteiger charge is -2.40. The summed E-state index contributed by atoms with van der Waals surface area (Å²) in [6.07, 6.45) is 0.340. The predicted molar refractivity (Wildman–Crippen MR) is 82.8 cm³/mol. The Labute approximate surface area is 130 Å². The Morgan fingerprint density at radius 1 is 1.32 bits per heavy atom. The molecule has 3 atom stereocenters. The molecule has 4 nitrogen and oxygen atoms in total. The van der Waals surface area contributed by atoms with Crippen molar-refractivity contribution in [1.29, 1.82) is 0 Å². The second-order valence-corrected chi connectivity index (χ2v) is 6.61. The Kier molecular flexibility index (Phi) is 3.44. The molecular formula is C18H21NO3. The van der Waals surface area contributed by atoms with Gasteiger partial charge in [-0.25, -0.2) is 0 Å². The van der Waals surface area contributed by atoms with Crippen molar-refractivity contribution < 1.29 is 14.4 Å². The molecule has 0 saturated heterocycles. The second kappa shape index (κ2) is 5.06. The van der Waals surface area contributed by atoms with Crippen molar-refractivity contribution in [2.24, 2.45) is 5.92 Å². The third-order valence-electron chi connectivity index (χ3n) is 4.70. The third-order valence-corrected chi connectivity index (χ3v) is 4.70. The van der Waals surface area contributed by atoms with Crippen molar-refractivity contribution in [3.05, 3.63) is 52.4 Å². The van der Waals surface area contributed by atoms with E-state index in [0.717, 1.165) is 28.1 Å². The van der Waals surface area contributed by atoms with E-state index in [4.69, 9.17) is 4.52 Å². The molecule has 116 valence electrons. The number of rotatable bonds is 2. The zero-order valence-corrected chi connectivity index (χ0v) is 13.4. The molecule has 2 aromatic rings.